The quantitative estimate of drug-likeness (QED) is 0.430. The molecule has 1 rings (SSSR count). The first-order chi connectivity index (χ1) is 8.30. The minimum atomic E-state index is -0.135. The summed E-state index contributed by atoms with van der Waals surface area (Å²) in [4.78, 5) is 16.7. The number of ether oxygens (including phenoxy) is 1. The van der Waals surface area contributed by atoms with Gasteiger partial charge in [-0.3, -0.25) is 4.79 Å². The number of hydrogen-bond donors (Lipinski definition) is 0. The second-order valence-electron chi connectivity index (χ2n) is 5.65. The lowest BCUT2D eigenvalue weighted by Gasteiger charge is -2.01. The number of methoxy groups -OCH3 is 1. The number of oxime groups is 1. The highest BCUT2D eigenvalue weighted by Crippen LogP contribution is 2.59. The van der Waals surface area contributed by atoms with Crippen LogP contribution in [0.4, 0.5) is 0 Å². The first kappa shape index (κ1) is 14.7. The van der Waals surface area contributed by atoms with E-state index in [1.165, 1.54) is 7.11 Å². The lowest BCUT2D eigenvalue weighted by molar-refractivity contribution is -0.143. The molecule has 0 bridgehead atoms. The Morgan fingerprint density at radius 3 is 2.50 bits per heavy atom. The Balaban J connectivity index is 2.62. The molecular formula is C14H23NO3. The molecule has 18 heavy (non-hydrogen) atoms. The number of hydrogen-bond acceptors (Lipinski definition) is 4. The Labute approximate surface area is 109 Å². The maximum Gasteiger partial charge on any atom is 0.309 e. The second kappa shape index (κ2) is 5.55. The van der Waals surface area contributed by atoms with Crippen molar-refractivity contribution in [2.45, 2.75) is 40.7 Å². The smallest absolute Gasteiger partial charge is 0.309 e. The van der Waals surface area contributed by atoms with Crippen LogP contribution in [-0.4, -0.2) is 25.4 Å². The predicted octanol–water partition coefficient (Wildman–Crippen LogP) is 2.79. The van der Waals surface area contributed by atoms with Crippen molar-refractivity contribution in [3.63, 3.8) is 0 Å². The average Bonchev–Trinajstić information content (AvgIpc) is 2.78. The van der Waals surface area contributed by atoms with Gasteiger partial charge in [-0.15, -0.1) is 0 Å². The molecule has 102 valence electrons. The molecule has 0 aromatic rings. The van der Waals surface area contributed by atoms with Crippen molar-refractivity contribution in [1.29, 1.82) is 0 Å². The number of esters is 1. The Kier molecular flexibility index (Phi) is 4.54. The van der Waals surface area contributed by atoms with Crippen LogP contribution in [0, 0.1) is 17.3 Å². The van der Waals surface area contributed by atoms with Crippen LogP contribution in [0.25, 0.3) is 0 Å². The molecule has 2 atom stereocenters. The van der Waals surface area contributed by atoms with Gasteiger partial charge in [-0.25, -0.2) is 0 Å². The van der Waals surface area contributed by atoms with Gasteiger partial charge in [0.1, 0.15) is 6.10 Å². The van der Waals surface area contributed by atoms with Crippen LogP contribution in [0.1, 0.15) is 34.6 Å². The predicted molar refractivity (Wildman–Crippen MR) is 71.2 cm³/mol. The number of allylic oxidation sites excluding steroid dienone is 2. The minimum Gasteiger partial charge on any atom is -0.469 e. The van der Waals surface area contributed by atoms with E-state index in [4.69, 9.17) is 9.57 Å². The fourth-order valence-corrected chi connectivity index (χ4v) is 2.13. The molecule has 0 radical (unpaired) electrons. The summed E-state index contributed by atoms with van der Waals surface area (Å²) in [7, 11) is 1.43. The van der Waals surface area contributed by atoms with Crippen molar-refractivity contribution in [2.24, 2.45) is 22.4 Å². The van der Waals surface area contributed by atoms with Gasteiger partial charge in [-0.2, -0.15) is 0 Å². The van der Waals surface area contributed by atoms with Crippen LogP contribution >= 0.6 is 0 Å². The molecule has 1 aliphatic carbocycles. The van der Waals surface area contributed by atoms with Gasteiger partial charge in [-0.05, 0) is 37.7 Å². The summed E-state index contributed by atoms with van der Waals surface area (Å²) in [5, 5.41) is 3.88. The lowest BCUT2D eigenvalue weighted by atomic mass is 10.1. The Morgan fingerprint density at radius 1 is 1.39 bits per heavy atom. The lowest BCUT2D eigenvalue weighted by Crippen LogP contribution is -2.07. The number of carbonyl (C=O) groups is 1. The van der Waals surface area contributed by atoms with Crippen molar-refractivity contribution in [2.75, 3.05) is 7.11 Å². The van der Waals surface area contributed by atoms with Gasteiger partial charge in [-0.1, -0.05) is 25.1 Å². The number of rotatable bonds is 5. The molecule has 1 aliphatic rings. The van der Waals surface area contributed by atoms with E-state index in [2.05, 4.69) is 25.1 Å². The van der Waals surface area contributed by atoms with Crippen LogP contribution in [0.15, 0.2) is 16.8 Å². The van der Waals surface area contributed by atoms with Crippen LogP contribution in [-0.2, 0) is 14.4 Å². The van der Waals surface area contributed by atoms with E-state index in [0.29, 0.717) is 0 Å². The van der Waals surface area contributed by atoms with E-state index in [1.54, 1.807) is 6.21 Å². The van der Waals surface area contributed by atoms with Crippen molar-refractivity contribution < 1.29 is 14.4 Å². The van der Waals surface area contributed by atoms with E-state index < -0.39 is 0 Å². The average molecular weight is 253 g/mol. The van der Waals surface area contributed by atoms with Crippen molar-refractivity contribution in [3.05, 3.63) is 11.6 Å². The van der Waals surface area contributed by atoms with Gasteiger partial charge in [0.25, 0.3) is 0 Å². The first-order valence-corrected chi connectivity index (χ1v) is 6.26. The standard InChI is InChI=1S/C14H23NO3/c1-9(2)18-15-8-10(3)7-11-12(13(16)17-6)14(11,4)5/h7-9,11-12H,1-6H3/b10-7+,15-8+/t11-,12+/m1/s1. The molecule has 0 unspecified atom stereocenters. The van der Waals surface area contributed by atoms with Gasteiger partial charge in [0.2, 0.25) is 0 Å². The Hall–Kier alpha value is -1.32. The largest absolute Gasteiger partial charge is 0.469 e. The van der Waals surface area contributed by atoms with Crippen LogP contribution < -0.4 is 0 Å². The molecule has 0 aromatic heterocycles. The molecule has 0 saturated heterocycles. The Bertz CT molecular complexity index is 369. The van der Waals surface area contributed by atoms with Crippen molar-refractivity contribution in [3.8, 4) is 0 Å². The molecular weight excluding hydrogens is 230 g/mol. The molecule has 0 aromatic carbocycles. The summed E-state index contributed by atoms with van der Waals surface area (Å²) in [6.45, 7) is 9.95. The zero-order valence-electron chi connectivity index (χ0n) is 12.1. The third kappa shape index (κ3) is 3.34. The fourth-order valence-electron chi connectivity index (χ4n) is 2.13. The van der Waals surface area contributed by atoms with Gasteiger partial charge in [0.05, 0.1) is 19.2 Å². The molecule has 1 saturated carbocycles. The minimum absolute atomic E-state index is 0.0267. The summed E-state index contributed by atoms with van der Waals surface area (Å²) >= 11 is 0. The van der Waals surface area contributed by atoms with Gasteiger partial charge < -0.3 is 9.57 Å². The highest BCUT2D eigenvalue weighted by Gasteiger charge is 2.61. The SMILES string of the molecule is COC(=O)[C@@H]1[C@@H](/C=C(C)/C=N/OC(C)C)C1(C)C. The van der Waals surface area contributed by atoms with Gasteiger partial charge in [0, 0.05) is 0 Å². The molecule has 0 aliphatic heterocycles. The third-order valence-electron chi connectivity index (χ3n) is 3.34. The maximum absolute atomic E-state index is 11.6. The summed E-state index contributed by atoms with van der Waals surface area (Å²) < 4.78 is 4.81. The van der Waals surface area contributed by atoms with Crippen molar-refractivity contribution >= 4 is 12.2 Å². The highest BCUT2D eigenvalue weighted by atomic mass is 16.6. The van der Waals surface area contributed by atoms with Gasteiger partial charge >= 0.3 is 5.97 Å². The topological polar surface area (TPSA) is 47.9 Å². The maximum atomic E-state index is 11.6. The zero-order chi connectivity index (χ0) is 13.9. The summed E-state index contributed by atoms with van der Waals surface area (Å²) in [5.74, 6) is 0.0386. The zero-order valence-corrected chi connectivity index (χ0v) is 12.1. The summed E-state index contributed by atoms with van der Waals surface area (Å²) in [5.41, 5.74) is 0.973. The first-order valence-electron chi connectivity index (χ1n) is 6.26. The normalized spacial score (nSPS) is 26.5. The van der Waals surface area contributed by atoms with E-state index in [1.807, 2.05) is 20.8 Å². The van der Waals surface area contributed by atoms with Crippen LogP contribution in [0.3, 0.4) is 0 Å². The van der Waals surface area contributed by atoms with Crippen LogP contribution in [0.5, 0.6) is 0 Å². The second-order valence-corrected chi connectivity index (χ2v) is 5.65. The molecule has 0 heterocycles. The molecule has 0 N–H and O–H groups in total. The molecule has 4 heteroatoms. The van der Waals surface area contributed by atoms with E-state index in [-0.39, 0.29) is 29.3 Å². The van der Waals surface area contributed by atoms with Crippen LogP contribution in [0.2, 0.25) is 0 Å². The van der Waals surface area contributed by atoms with E-state index >= 15 is 0 Å². The van der Waals surface area contributed by atoms with Gasteiger partial charge in [0.15, 0.2) is 0 Å². The van der Waals surface area contributed by atoms with Crippen molar-refractivity contribution in [1.82, 2.24) is 0 Å². The Morgan fingerprint density at radius 2 is 2.00 bits per heavy atom. The number of nitrogens with zero attached hydrogens (tertiary/aromatic N) is 1. The summed E-state index contributed by atoms with van der Waals surface area (Å²) in [6, 6.07) is 0. The molecule has 1 fully saturated rings. The monoisotopic (exact) mass is 253 g/mol. The van der Waals surface area contributed by atoms with E-state index in [0.717, 1.165) is 5.57 Å². The third-order valence-corrected chi connectivity index (χ3v) is 3.34. The number of carbonyl (C=O) groups excluding carboxylic acids is 1. The molecule has 0 amide bonds. The highest BCUT2D eigenvalue weighted by molar-refractivity contribution is 5.80. The van der Waals surface area contributed by atoms with E-state index in [9.17, 15) is 4.79 Å². The summed E-state index contributed by atoms with van der Waals surface area (Å²) in [6.07, 6.45) is 3.83. The molecule has 0 spiro atoms. The fraction of sp³-hybridized carbons (Fsp3) is 0.714. The molecule has 4 nitrogen and oxygen atoms in total.